The summed E-state index contributed by atoms with van der Waals surface area (Å²) >= 11 is 11.1. The van der Waals surface area contributed by atoms with Crippen LogP contribution in [0.2, 0.25) is 5.02 Å². The second-order valence-corrected chi connectivity index (χ2v) is 6.02. The van der Waals surface area contributed by atoms with Gasteiger partial charge < -0.3 is 5.32 Å². The Labute approximate surface area is 107 Å². The van der Waals surface area contributed by atoms with Crippen molar-refractivity contribution in [2.75, 3.05) is 11.9 Å². The van der Waals surface area contributed by atoms with Crippen molar-refractivity contribution in [3.05, 3.63) is 27.7 Å². The van der Waals surface area contributed by atoms with Crippen LogP contribution < -0.4 is 5.32 Å². The van der Waals surface area contributed by atoms with Gasteiger partial charge in [0.25, 0.3) is 0 Å². The Hall–Kier alpha value is -0.190. The van der Waals surface area contributed by atoms with E-state index < -0.39 is 0 Å². The monoisotopic (exact) mass is 304 g/mol. The van der Waals surface area contributed by atoms with Crippen LogP contribution in [0.25, 0.3) is 0 Å². The lowest BCUT2D eigenvalue weighted by Crippen LogP contribution is -2.05. The molecule has 1 aromatic rings. The zero-order chi connectivity index (χ0) is 10.8. The molecule has 2 rings (SSSR count). The van der Waals surface area contributed by atoms with Crippen LogP contribution in [0.5, 0.6) is 0 Å². The molecule has 0 saturated carbocycles. The minimum atomic E-state index is 0.568. The van der Waals surface area contributed by atoms with Gasteiger partial charge in [-0.05, 0) is 34.1 Å². The quantitative estimate of drug-likeness (QED) is 0.848. The molecule has 1 unspecified atom stereocenters. The van der Waals surface area contributed by atoms with E-state index in [-0.39, 0.29) is 0 Å². The van der Waals surface area contributed by atoms with Gasteiger partial charge in [0.05, 0.1) is 11.6 Å². The topological polar surface area (TPSA) is 24.4 Å². The van der Waals surface area contributed by atoms with Crippen molar-refractivity contribution in [1.82, 2.24) is 0 Å². The molecule has 1 atom stereocenters. The molecule has 0 aliphatic carbocycles. The normalized spacial score (nSPS) is 20.2. The molecular weight excluding hydrogens is 296 g/mol. The van der Waals surface area contributed by atoms with E-state index in [1.54, 1.807) is 11.8 Å². The maximum Gasteiger partial charge on any atom is 0.161 e. The lowest BCUT2D eigenvalue weighted by molar-refractivity contribution is 0.976. The predicted octanol–water partition coefficient (Wildman–Crippen LogP) is 4.01. The van der Waals surface area contributed by atoms with Crippen LogP contribution in [0.3, 0.4) is 0 Å². The summed E-state index contributed by atoms with van der Waals surface area (Å²) in [4.78, 5) is 4.38. The number of hydrogen-bond donors (Lipinski definition) is 1. The first-order valence-corrected chi connectivity index (χ1v) is 6.63. The van der Waals surface area contributed by atoms with E-state index in [1.807, 2.05) is 18.2 Å². The molecule has 0 spiro atoms. The van der Waals surface area contributed by atoms with Gasteiger partial charge in [0.1, 0.15) is 0 Å². The van der Waals surface area contributed by atoms with Crippen LogP contribution in [-0.4, -0.2) is 17.0 Å². The Kier molecular flexibility index (Phi) is 3.59. The Morgan fingerprint density at radius 1 is 1.60 bits per heavy atom. The van der Waals surface area contributed by atoms with Crippen LogP contribution in [0.1, 0.15) is 6.92 Å². The SMILES string of the molecule is CC1CN=C(Nc2ccc(Br)c(Cl)c2)S1. The number of nitrogens with one attached hydrogen (secondary N) is 1. The molecule has 15 heavy (non-hydrogen) atoms. The van der Waals surface area contributed by atoms with Gasteiger partial charge >= 0.3 is 0 Å². The molecule has 5 heteroatoms. The number of rotatable bonds is 1. The van der Waals surface area contributed by atoms with Crippen LogP contribution in [0.4, 0.5) is 5.69 Å². The summed E-state index contributed by atoms with van der Waals surface area (Å²) in [5.41, 5.74) is 0.976. The summed E-state index contributed by atoms with van der Waals surface area (Å²) in [7, 11) is 0. The van der Waals surface area contributed by atoms with Gasteiger partial charge in [0.15, 0.2) is 5.17 Å². The van der Waals surface area contributed by atoms with Gasteiger partial charge in [-0.2, -0.15) is 0 Å². The van der Waals surface area contributed by atoms with Crippen LogP contribution >= 0.6 is 39.3 Å². The van der Waals surface area contributed by atoms with Crippen molar-refractivity contribution >= 4 is 50.1 Å². The highest BCUT2D eigenvalue weighted by molar-refractivity contribution is 9.10. The lowest BCUT2D eigenvalue weighted by atomic mass is 10.3. The first-order valence-electron chi connectivity index (χ1n) is 4.58. The molecule has 0 bridgehead atoms. The molecule has 1 heterocycles. The second-order valence-electron chi connectivity index (χ2n) is 3.33. The van der Waals surface area contributed by atoms with Gasteiger partial charge in [-0.3, -0.25) is 4.99 Å². The first-order chi connectivity index (χ1) is 7.15. The molecule has 2 nitrogen and oxygen atoms in total. The van der Waals surface area contributed by atoms with E-state index in [9.17, 15) is 0 Å². The summed E-state index contributed by atoms with van der Waals surface area (Å²) in [6.45, 7) is 3.05. The maximum atomic E-state index is 5.99. The fraction of sp³-hybridized carbons (Fsp3) is 0.300. The fourth-order valence-electron chi connectivity index (χ4n) is 1.24. The third kappa shape index (κ3) is 2.89. The summed E-state index contributed by atoms with van der Waals surface area (Å²) in [6.07, 6.45) is 0. The highest BCUT2D eigenvalue weighted by Gasteiger charge is 2.14. The van der Waals surface area contributed by atoms with Gasteiger partial charge in [-0.15, -0.1) is 0 Å². The molecule has 0 radical (unpaired) electrons. The maximum absolute atomic E-state index is 5.99. The predicted molar refractivity (Wildman–Crippen MR) is 72.1 cm³/mol. The Morgan fingerprint density at radius 3 is 3.00 bits per heavy atom. The molecule has 1 aromatic carbocycles. The molecule has 80 valence electrons. The van der Waals surface area contributed by atoms with Crippen molar-refractivity contribution in [2.45, 2.75) is 12.2 Å². The van der Waals surface area contributed by atoms with Crippen molar-refractivity contribution in [2.24, 2.45) is 4.99 Å². The van der Waals surface area contributed by atoms with Crippen molar-refractivity contribution in [1.29, 1.82) is 0 Å². The molecule has 1 aliphatic heterocycles. The zero-order valence-electron chi connectivity index (χ0n) is 8.13. The molecular formula is C10H10BrClN2S. The molecule has 0 saturated heterocycles. The third-order valence-corrected chi connectivity index (χ3v) is 4.21. The number of halogens is 2. The van der Waals surface area contributed by atoms with E-state index in [0.717, 1.165) is 21.9 Å². The highest BCUT2D eigenvalue weighted by Crippen LogP contribution is 2.27. The Morgan fingerprint density at radius 2 is 2.40 bits per heavy atom. The summed E-state index contributed by atoms with van der Waals surface area (Å²) in [5, 5.41) is 5.49. The number of hydrogen-bond acceptors (Lipinski definition) is 3. The van der Waals surface area contributed by atoms with Gasteiger partial charge in [-0.1, -0.05) is 30.3 Å². The highest BCUT2D eigenvalue weighted by atomic mass is 79.9. The smallest absolute Gasteiger partial charge is 0.161 e. The van der Waals surface area contributed by atoms with Gasteiger partial charge in [0.2, 0.25) is 0 Å². The largest absolute Gasteiger partial charge is 0.335 e. The number of aliphatic imine (C=N–C) groups is 1. The van der Waals surface area contributed by atoms with E-state index in [2.05, 4.69) is 33.2 Å². The first kappa shape index (κ1) is 11.3. The van der Waals surface area contributed by atoms with E-state index in [0.29, 0.717) is 10.3 Å². The average Bonchev–Trinajstić information content (AvgIpc) is 2.58. The standard InChI is InChI=1S/C10H10BrClN2S/c1-6-5-13-10(15-6)14-7-2-3-8(11)9(12)4-7/h2-4,6H,5H2,1H3,(H,13,14). The van der Waals surface area contributed by atoms with Crippen molar-refractivity contribution in [3.63, 3.8) is 0 Å². The van der Waals surface area contributed by atoms with Crippen LogP contribution in [0.15, 0.2) is 27.7 Å². The fourth-order valence-corrected chi connectivity index (χ4v) is 2.53. The van der Waals surface area contributed by atoms with Gasteiger partial charge in [0, 0.05) is 15.4 Å². The van der Waals surface area contributed by atoms with Crippen molar-refractivity contribution < 1.29 is 0 Å². The number of benzene rings is 1. The molecule has 0 aromatic heterocycles. The number of thioether (sulfide) groups is 1. The lowest BCUT2D eigenvalue weighted by Gasteiger charge is -2.06. The van der Waals surface area contributed by atoms with E-state index in [1.165, 1.54) is 0 Å². The number of anilines is 1. The summed E-state index contributed by atoms with van der Waals surface area (Å²) in [5.74, 6) is 0. The van der Waals surface area contributed by atoms with E-state index >= 15 is 0 Å². The summed E-state index contributed by atoms with van der Waals surface area (Å²) in [6, 6.07) is 5.79. The van der Waals surface area contributed by atoms with E-state index in [4.69, 9.17) is 11.6 Å². The van der Waals surface area contributed by atoms with Gasteiger partial charge in [-0.25, -0.2) is 0 Å². The number of nitrogens with zero attached hydrogens (tertiary/aromatic N) is 1. The minimum Gasteiger partial charge on any atom is -0.335 e. The third-order valence-electron chi connectivity index (χ3n) is 1.98. The molecule has 1 aliphatic rings. The molecule has 0 fully saturated rings. The Bertz CT molecular complexity index is 408. The minimum absolute atomic E-state index is 0.568. The summed E-state index contributed by atoms with van der Waals surface area (Å²) < 4.78 is 0.907. The van der Waals surface area contributed by atoms with Crippen molar-refractivity contribution in [3.8, 4) is 0 Å². The average molecular weight is 306 g/mol. The molecule has 1 N–H and O–H groups in total. The zero-order valence-corrected chi connectivity index (χ0v) is 11.3. The number of amidine groups is 1. The van der Waals surface area contributed by atoms with Crippen LogP contribution in [0, 0.1) is 0 Å². The van der Waals surface area contributed by atoms with Crippen LogP contribution in [-0.2, 0) is 0 Å². The molecule has 0 amide bonds. The Balaban J connectivity index is 2.08. The second kappa shape index (κ2) is 4.76.